The van der Waals surface area contributed by atoms with Crippen molar-refractivity contribution in [3.8, 4) is 0 Å². The Labute approximate surface area is 123 Å². The number of nitro groups is 1. The molecule has 0 fully saturated rings. The van der Waals surface area contributed by atoms with Crippen LogP contribution in [0.15, 0.2) is 48.8 Å². The number of aromatic nitrogens is 2. The van der Waals surface area contributed by atoms with Gasteiger partial charge in [-0.3, -0.25) is 19.5 Å². The summed E-state index contributed by atoms with van der Waals surface area (Å²) >= 11 is 1.02. The van der Waals surface area contributed by atoms with E-state index < -0.39 is 4.92 Å². The van der Waals surface area contributed by atoms with Gasteiger partial charge in [0.05, 0.1) is 16.0 Å². The molecule has 2 aromatic heterocycles. The first kappa shape index (κ1) is 13.2. The number of para-hydroxylation sites is 2. The molecule has 0 bridgehead atoms. The molecule has 2 heterocycles. The van der Waals surface area contributed by atoms with Crippen LogP contribution in [0.4, 0.5) is 5.00 Å². The van der Waals surface area contributed by atoms with Crippen LogP contribution >= 0.6 is 11.3 Å². The summed E-state index contributed by atoms with van der Waals surface area (Å²) in [5.41, 5.74) is 1.47. The van der Waals surface area contributed by atoms with Gasteiger partial charge in [-0.05, 0) is 24.3 Å². The van der Waals surface area contributed by atoms with Gasteiger partial charge in [-0.2, -0.15) is 0 Å². The monoisotopic (exact) mass is 299 g/mol. The van der Waals surface area contributed by atoms with Crippen LogP contribution in [0.2, 0.25) is 0 Å². The molecule has 3 rings (SSSR count). The SMILES string of the molecule is O=C(/C=C/c1ccc([N+](=O)[O-])s1)n1cnc2ccccc21. The molecular weight excluding hydrogens is 290 g/mol. The van der Waals surface area contributed by atoms with Crippen LogP contribution in [0.1, 0.15) is 9.67 Å². The third-order valence-electron chi connectivity index (χ3n) is 2.87. The Hall–Kier alpha value is -2.80. The number of imidazole rings is 1. The molecule has 0 aliphatic carbocycles. The number of carbonyl (C=O) groups excluding carboxylic acids is 1. The summed E-state index contributed by atoms with van der Waals surface area (Å²) in [7, 11) is 0. The van der Waals surface area contributed by atoms with Crippen molar-refractivity contribution in [1.82, 2.24) is 9.55 Å². The van der Waals surface area contributed by atoms with Gasteiger partial charge in [0.2, 0.25) is 0 Å². The number of hydrogen-bond donors (Lipinski definition) is 0. The predicted octanol–water partition coefficient (Wildman–Crippen LogP) is 3.36. The van der Waals surface area contributed by atoms with Gasteiger partial charge < -0.3 is 0 Å². The van der Waals surface area contributed by atoms with Crippen LogP contribution in [-0.2, 0) is 0 Å². The van der Waals surface area contributed by atoms with Crippen LogP contribution in [0.25, 0.3) is 17.1 Å². The summed E-state index contributed by atoms with van der Waals surface area (Å²) in [6.45, 7) is 0. The van der Waals surface area contributed by atoms with E-state index in [1.54, 1.807) is 12.1 Å². The summed E-state index contributed by atoms with van der Waals surface area (Å²) in [5, 5.41) is 10.6. The van der Waals surface area contributed by atoms with Crippen LogP contribution in [-0.4, -0.2) is 20.4 Å². The second kappa shape index (κ2) is 5.29. The maximum atomic E-state index is 12.1. The van der Waals surface area contributed by atoms with Crippen molar-refractivity contribution in [2.24, 2.45) is 0 Å². The highest BCUT2D eigenvalue weighted by atomic mass is 32.1. The molecule has 104 valence electrons. The normalized spacial score (nSPS) is 11.2. The molecule has 0 unspecified atom stereocenters. The molecule has 3 aromatic rings. The van der Waals surface area contributed by atoms with Crippen molar-refractivity contribution in [3.63, 3.8) is 0 Å². The number of benzene rings is 1. The van der Waals surface area contributed by atoms with Gasteiger partial charge in [-0.1, -0.05) is 23.5 Å². The minimum atomic E-state index is -0.451. The van der Waals surface area contributed by atoms with Crippen LogP contribution < -0.4 is 0 Å². The Morgan fingerprint density at radius 3 is 2.86 bits per heavy atom. The second-order valence-corrected chi connectivity index (χ2v) is 5.30. The maximum absolute atomic E-state index is 12.1. The molecule has 0 saturated carbocycles. The lowest BCUT2D eigenvalue weighted by Gasteiger charge is -1.97. The number of hydrogen-bond acceptors (Lipinski definition) is 5. The average molecular weight is 299 g/mol. The maximum Gasteiger partial charge on any atom is 0.324 e. The van der Waals surface area contributed by atoms with E-state index in [9.17, 15) is 14.9 Å². The Morgan fingerprint density at radius 1 is 1.29 bits per heavy atom. The topological polar surface area (TPSA) is 78.0 Å². The molecule has 0 amide bonds. The van der Waals surface area contributed by atoms with E-state index in [0.29, 0.717) is 4.88 Å². The number of rotatable bonds is 3. The Bertz CT molecular complexity index is 863. The largest absolute Gasteiger partial charge is 0.324 e. The molecule has 0 saturated heterocycles. The third-order valence-corrected chi connectivity index (χ3v) is 3.88. The van der Waals surface area contributed by atoms with E-state index in [1.165, 1.54) is 23.0 Å². The lowest BCUT2D eigenvalue weighted by molar-refractivity contribution is -0.380. The molecule has 21 heavy (non-hydrogen) atoms. The molecule has 0 aliphatic heterocycles. The van der Waals surface area contributed by atoms with Gasteiger partial charge in [0.1, 0.15) is 6.33 Å². The summed E-state index contributed by atoms with van der Waals surface area (Å²) < 4.78 is 1.44. The fourth-order valence-electron chi connectivity index (χ4n) is 1.90. The molecule has 0 atom stereocenters. The molecule has 0 spiro atoms. The van der Waals surface area contributed by atoms with E-state index in [4.69, 9.17) is 0 Å². The summed E-state index contributed by atoms with van der Waals surface area (Å²) in [6.07, 6.45) is 4.41. The van der Waals surface area contributed by atoms with Crippen LogP contribution in [0.3, 0.4) is 0 Å². The highest BCUT2D eigenvalue weighted by Gasteiger charge is 2.09. The van der Waals surface area contributed by atoms with E-state index in [-0.39, 0.29) is 10.9 Å². The van der Waals surface area contributed by atoms with Gasteiger partial charge in [0.25, 0.3) is 5.91 Å². The Morgan fingerprint density at radius 2 is 2.10 bits per heavy atom. The molecule has 0 aliphatic rings. The molecule has 6 nitrogen and oxygen atoms in total. The highest BCUT2D eigenvalue weighted by Crippen LogP contribution is 2.24. The number of thiophene rings is 1. The smallest absolute Gasteiger partial charge is 0.269 e. The van der Waals surface area contributed by atoms with Crippen molar-refractivity contribution in [1.29, 1.82) is 0 Å². The summed E-state index contributed by atoms with van der Waals surface area (Å²) in [6, 6.07) is 10.3. The average Bonchev–Trinajstić information content (AvgIpc) is 3.11. The van der Waals surface area contributed by atoms with Crippen molar-refractivity contribution in [2.45, 2.75) is 0 Å². The van der Waals surface area contributed by atoms with Gasteiger partial charge in [0.15, 0.2) is 0 Å². The summed E-state index contributed by atoms with van der Waals surface area (Å²) in [4.78, 5) is 27.1. The van der Waals surface area contributed by atoms with E-state index in [0.717, 1.165) is 22.4 Å². The van der Waals surface area contributed by atoms with Gasteiger partial charge in [0, 0.05) is 17.0 Å². The quantitative estimate of drug-likeness (QED) is 0.422. The third kappa shape index (κ3) is 2.59. The van der Waals surface area contributed by atoms with Gasteiger partial charge in [-0.25, -0.2) is 4.98 Å². The number of nitrogens with zero attached hydrogens (tertiary/aromatic N) is 3. The van der Waals surface area contributed by atoms with Gasteiger partial charge in [-0.15, -0.1) is 0 Å². The van der Waals surface area contributed by atoms with E-state index in [1.807, 2.05) is 24.3 Å². The number of fused-ring (bicyclic) bond motifs is 1. The first-order chi connectivity index (χ1) is 10.1. The zero-order valence-corrected chi connectivity index (χ0v) is 11.5. The molecular formula is C14H9N3O3S. The first-order valence-electron chi connectivity index (χ1n) is 6.04. The predicted molar refractivity (Wildman–Crippen MR) is 80.4 cm³/mol. The fraction of sp³-hybridized carbons (Fsp3) is 0. The fourth-order valence-corrected chi connectivity index (χ4v) is 2.62. The summed E-state index contributed by atoms with van der Waals surface area (Å²) in [5.74, 6) is -0.250. The first-order valence-corrected chi connectivity index (χ1v) is 6.85. The second-order valence-electron chi connectivity index (χ2n) is 4.21. The molecule has 0 N–H and O–H groups in total. The molecule has 7 heteroatoms. The number of carbonyl (C=O) groups is 1. The van der Waals surface area contributed by atoms with Crippen molar-refractivity contribution >= 4 is 39.4 Å². The minimum absolute atomic E-state index is 0.0511. The molecule has 1 aromatic carbocycles. The Balaban J connectivity index is 1.85. The minimum Gasteiger partial charge on any atom is -0.269 e. The highest BCUT2D eigenvalue weighted by molar-refractivity contribution is 7.16. The molecule has 0 radical (unpaired) electrons. The van der Waals surface area contributed by atoms with E-state index in [2.05, 4.69) is 4.98 Å². The van der Waals surface area contributed by atoms with Crippen molar-refractivity contribution < 1.29 is 9.72 Å². The zero-order valence-electron chi connectivity index (χ0n) is 10.7. The number of allylic oxidation sites excluding steroid dienone is 1. The van der Waals surface area contributed by atoms with E-state index >= 15 is 0 Å². The van der Waals surface area contributed by atoms with Crippen molar-refractivity contribution in [3.05, 3.63) is 63.8 Å². The van der Waals surface area contributed by atoms with Gasteiger partial charge >= 0.3 is 5.00 Å². The van der Waals surface area contributed by atoms with Crippen molar-refractivity contribution in [2.75, 3.05) is 0 Å². The zero-order chi connectivity index (χ0) is 14.8. The lowest BCUT2D eigenvalue weighted by atomic mass is 10.3. The lowest BCUT2D eigenvalue weighted by Crippen LogP contribution is -2.04. The Kier molecular flexibility index (Phi) is 3.33. The van der Waals surface area contributed by atoms with Crippen LogP contribution in [0.5, 0.6) is 0 Å². The van der Waals surface area contributed by atoms with Crippen LogP contribution in [0, 0.1) is 10.1 Å². The standard InChI is InChI=1S/C14H9N3O3S/c18-13(7-5-10-6-8-14(21-10)17(19)20)16-9-15-11-3-1-2-4-12(11)16/h1-9H/b7-5+.